The minimum atomic E-state index is 0.695. The Labute approximate surface area is 102 Å². The van der Waals surface area contributed by atoms with Gasteiger partial charge in [-0.1, -0.05) is 31.9 Å². The summed E-state index contributed by atoms with van der Waals surface area (Å²) in [7, 11) is 0. The van der Waals surface area contributed by atoms with Gasteiger partial charge in [-0.25, -0.2) is 0 Å². The number of unbranched alkanes of at least 4 members (excludes halogenated alkanes) is 4. The van der Waals surface area contributed by atoms with Crippen molar-refractivity contribution in [2.45, 2.75) is 51.9 Å². The van der Waals surface area contributed by atoms with E-state index in [9.17, 15) is 0 Å². The van der Waals surface area contributed by atoms with Crippen LogP contribution in [0.15, 0.2) is 25.3 Å². The number of allylic oxidation sites excluding steroid dienone is 2. The predicted octanol–water partition coefficient (Wildman–Crippen LogP) is 4.31. The van der Waals surface area contributed by atoms with Crippen molar-refractivity contribution in [1.82, 2.24) is 5.32 Å². The van der Waals surface area contributed by atoms with Gasteiger partial charge < -0.3 is 5.32 Å². The van der Waals surface area contributed by atoms with Crippen molar-refractivity contribution in [3.05, 3.63) is 25.3 Å². The largest absolute Gasteiger partial charge is 0.317 e. The van der Waals surface area contributed by atoms with Crippen LogP contribution in [-0.4, -0.2) is 13.1 Å². The minimum absolute atomic E-state index is 0.695. The minimum Gasteiger partial charge on any atom is -0.317 e. The van der Waals surface area contributed by atoms with E-state index in [4.69, 9.17) is 0 Å². The molecule has 1 unspecified atom stereocenters. The van der Waals surface area contributed by atoms with Gasteiger partial charge >= 0.3 is 0 Å². The molecule has 0 aliphatic rings. The molecule has 1 nitrogen and oxygen atoms in total. The van der Waals surface area contributed by atoms with Gasteiger partial charge in [0.1, 0.15) is 0 Å². The molecule has 0 bridgehead atoms. The highest BCUT2D eigenvalue weighted by atomic mass is 14.8. The number of nitrogens with one attached hydrogen (secondary N) is 1. The molecular weight excluding hydrogens is 194 g/mol. The van der Waals surface area contributed by atoms with Gasteiger partial charge in [-0.05, 0) is 51.1 Å². The van der Waals surface area contributed by atoms with Crippen molar-refractivity contribution in [3.63, 3.8) is 0 Å². The summed E-state index contributed by atoms with van der Waals surface area (Å²) in [5.41, 5.74) is 0. The number of rotatable bonds is 12. The van der Waals surface area contributed by atoms with E-state index >= 15 is 0 Å². The van der Waals surface area contributed by atoms with Crippen molar-refractivity contribution in [2.75, 3.05) is 13.1 Å². The predicted molar refractivity (Wildman–Crippen MR) is 74.7 cm³/mol. The second kappa shape index (κ2) is 12.5. The number of hydrogen-bond acceptors (Lipinski definition) is 1. The molecule has 0 aromatic heterocycles. The Bertz CT molecular complexity index is 163. The molecule has 0 heterocycles. The Morgan fingerprint density at radius 2 is 1.81 bits per heavy atom. The summed E-state index contributed by atoms with van der Waals surface area (Å²) in [5.74, 6) is 0.695. The normalized spacial score (nSPS) is 12.3. The first-order valence-electron chi connectivity index (χ1n) is 6.79. The van der Waals surface area contributed by atoms with Crippen LogP contribution in [0, 0.1) is 5.92 Å². The average Bonchev–Trinajstić information content (AvgIpc) is 2.32. The van der Waals surface area contributed by atoms with Gasteiger partial charge in [0, 0.05) is 0 Å². The van der Waals surface area contributed by atoms with Crippen LogP contribution in [0.3, 0.4) is 0 Å². The van der Waals surface area contributed by atoms with Crippen LogP contribution in [0.2, 0.25) is 0 Å². The van der Waals surface area contributed by atoms with Crippen LogP contribution in [0.25, 0.3) is 0 Å². The van der Waals surface area contributed by atoms with Gasteiger partial charge in [-0.15, -0.1) is 13.2 Å². The fourth-order valence-corrected chi connectivity index (χ4v) is 1.79. The van der Waals surface area contributed by atoms with Gasteiger partial charge in [-0.3, -0.25) is 0 Å². The molecule has 16 heavy (non-hydrogen) atoms. The molecular formula is C15H29N. The van der Waals surface area contributed by atoms with Crippen LogP contribution >= 0.6 is 0 Å². The first-order valence-corrected chi connectivity index (χ1v) is 6.79. The lowest BCUT2D eigenvalue weighted by atomic mass is 10.0. The third kappa shape index (κ3) is 9.97. The molecule has 0 fully saturated rings. The zero-order chi connectivity index (χ0) is 12.1. The second-order valence-corrected chi connectivity index (χ2v) is 4.43. The Morgan fingerprint density at radius 1 is 1.06 bits per heavy atom. The van der Waals surface area contributed by atoms with Crippen LogP contribution in [0.4, 0.5) is 0 Å². The maximum atomic E-state index is 3.85. The third-order valence-electron chi connectivity index (χ3n) is 3.06. The highest BCUT2D eigenvalue weighted by Crippen LogP contribution is 2.07. The van der Waals surface area contributed by atoms with E-state index in [2.05, 4.69) is 31.5 Å². The molecule has 0 aromatic rings. The molecule has 0 rings (SSSR count). The molecule has 1 N–H and O–H groups in total. The SMILES string of the molecule is C=CCCCCCCNCCC(C=C)CC. The smallest absolute Gasteiger partial charge is 0.00433 e. The highest BCUT2D eigenvalue weighted by molar-refractivity contribution is 4.78. The van der Waals surface area contributed by atoms with E-state index in [0.717, 1.165) is 6.54 Å². The van der Waals surface area contributed by atoms with Gasteiger partial charge in [0.15, 0.2) is 0 Å². The zero-order valence-corrected chi connectivity index (χ0v) is 11.0. The van der Waals surface area contributed by atoms with Crippen molar-refractivity contribution in [3.8, 4) is 0 Å². The molecule has 0 aromatic carbocycles. The summed E-state index contributed by atoms with van der Waals surface area (Å²) in [6.07, 6.45) is 13.0. The third-order valence-corrected chi connectivity index (χ3v) is 3.06. The van der Waals surface area contributed by atoms with E-state index in [1.807, 2.05) is 6.08 Å². The molecule has 0 aliphatic heterocycles. The summed E-state index contributed by atoms with van der Waals surface area (Å²) in [4.78, 5) is 0. The van der Waals surface area contributed by atoms with Crippen molar-refractivity contribution < 1.29 is 0 Å². The van der Waals surface area contributed by atoms with Crippen LogP contribution < -0.4 is 5.32 Å². The first kappa shape index (κ1) is 15.4. The Kier molecular flexibility index (Phi) is 12.1. The topological polar surface area (TPSA) is 12.0 Å². The molecule has 1 atom stereocenters. The van der Waals surface area contributed by atoms with Gasteiger partial charge in [0.25, 0.3) is 0 Å². The standard InChI is InChI=1S/C15H29N/c1-4-7-8-9-10-11-13-16-14-12-15(5-2)6-3/h4-5,15-16H,1-2,6-14H2,3H3. The Hall–Kier alpha value is -0.560. The van der Waals surface area contributed by atoms with Crippen molar-refractivity contribution in [2.24, 2.45) is 5.92 Å². The lowest BCUT2D eigenvalue weighted by Crippen LogP contribution is -2.18. The van der Waals surface area contributed by atoms with Crippen LogP contribution in [0.1, 0.15) is 51.9 Å². The first-order chi connectivity index (χ1) is 7.85. The van der Waals surface area contributed by atoms with Crippen molar-refractivity contribution >= 4 is 0 Å². The maximum absolute atomic E-state index is 3.85. The van der Waals surface area contributed by atoms with Crippen molar-refractivity contribution in [1.29, 1.82) is 0 Å². The number of hydrogen-bond donors (Lipinski definition) is 1. The van der Waals surface area contributed by atoms with Gasteiger partial charge in [0.2, 0.25) is 0 Å². The summed E-state index contributed by atoms with van der Waals surface area (Å²) in [5, 5.41) is 3.51. The summed E-state index contributed by atoms with van der Waals surface area (Å²) < 4.78 is 0. The van der Waals surface area contributed by atoms with Gasteiger partial charge in [-0.2, -0.15) is 0 Å². The Balaban J connectivity index is 3.08. The van der Waals surface area contributed by atoms with E-state index in [1.54, 1.807) is 0 Å². The molecule has 1 heteroatoms. The lowest BCUT2D eigenvalue weighted by Gasteiger charge is -2.10. The summed E-state index contributed by atoms with van der Waals surface area (Å²) in [6, 6.07) is 0. The van der Waals surface area contributed by atoms with Gasteiger partial charge in [0.05, 0.1) is 0 Å². The lowest BCUT2D eigenvalue weighted by molar-refractivity contribution is 0.517. The maximum Gasteiger partial charge on any atom is -0.00433 e. The highest BCUT2D eigenvalue weighted by Gasteiger charge is 1.99. The van der Waals surface area contributed by atoms with E-state index in [1.165, 1.54) is 51.5 Å². The fourth-order valence-electron chi connectivity index (χ4n) is 1.79. The molecule has 0 spiro atoms. The summed E-state index contributed by atoms with van der Waals surface area (Å²) in [6.45, 7) is 12.1. The second-order valence-electron chi connectivity index (χ2n) is 4.43. The summed E-state index contributed by atoms with van der Waals surface area (Å²) >= 11 is 0. The molecule has 0 aliphatic carbocycles. The quantitative estimate of drug-likeness (QED) is 0.384. The molecule has 0 radical (unpaired) electrons. The molecule has 0 saturated carbocycles. The van der Waals surface area contributed by atoms with E-state index in [-0.39, 0.29) is 0 Å². The average molecular weight is 223 g/mol. The van der Waals surface area contributed by atoms with E-state index < -0.39 is 0 Å². The van der Waals surface area contributed by atoms with Crippen LogP contribution in [-0.2, 0) is 0 Å². The molecule has 0 amide bonds. The molecule has 94 valence electrons. The zero-order valence-electron chi connectivity index (χ0n) is 11.0. The van der Waals surface area contributed by atoms with Crippen LogP contribution in [0.5, 0.6) is 0 Å². The van der Waals surface area contributed by atoms with E-state index in [0.29, 0.717) is 5.92 Å². The Morgan fingerprint density at radius 3 is 2.44 bits per heavy atom. The monoisotopic (exact) mass is 223 g/mol. The molecule has 0 saturated heterocycles. The fraction of sp³-hybridized carbons (Fsp3) is 0.733.